The Bertz CT molecular complexity index is 417. The fourth-order valence-corrected chi connectivity index (χ4v) is 3.35. The van der Waals surface area contributed by atoms with Crippen LogP contribution in [-0.2, 0) is 19.1 Å². The fraction of sp³-hybridized carbons (Fsp3) is 0.840. The zero-order chi connectivity index (χ0) is 21.6. The topological polar surface area (TPSA) is 52.6 Å². The van der Waals surface area contributed by atoms with Crippen molar-refractivity contribution < 1.29 is 19.1 Å². The molecule has 0 fully saturated rings. The molecule has 29 heavy (non-hydrogen) atoms. The lowest BCUT2D eigenvalue weighted by Crippen LogP contribution is -2.16. The summed E-state index contributed by atoms with van der Waals surface area (Å²) in [5.74, 6) is -0.937. The van der Waals surface area contributed by atoms with Gasteiger partial charge in [-0.2, -0.15) is 0 Å². The molecule has 0 aliphatic carbocycles. The Balaban J connectivity index is 3.48. The maximum Gasteiger partial charge on any atom is 0.331 e. The fourth-order valence-electron chi connectivity index (χ4n) is 3.35. The van der Waals surface area contributed by atoms with Gasteiger partial charge in [0.25, 0.3) is 0 Å². The second kappa shape index (κ2) is 21.4. The summed E-state index contributed by atoms with van der Waals surface area (Å²) in [5.41, 5.74) is 0. The number of carbonyl (C=O) groups excluding carboxylic acids is 2. The van der Waals surface area contributed by atoms with E-state index in [1.54, 1.807) is 0 Å². The van der Waals surface area contributed by atoms with Gasteiger partial charge in [0.05, 0.1) is 6.61 Å². The third-order valence-electron chi connectivity index (χ3n) is 5.20. The number of carbonyl (C=O) groups is 2. The van der Waals surface area contributed by atoms with Gasteiger partial charge in [-0.15, -0.1) is 0 Å². The van der Waals surface area contributed by atoms with Crippen molar-refractivity contribution >= 4 is 11.9 Å². The molecule has 1 unspecified atom stereocenters. The molecule has 0 aromatic heterocycles. The summed E-state index contributed by atoms with van der Waals surface area (Å²) in [5, 5.41) is 0. The van der Waals surface area contributed by atoms with Gasteiger partial charge in [0, 0.05) is 12.2 Å². The van der Waals surface area contributed by atoms with Crippen LogP contribution < -0.4 is 0 Å². The average molecular weight is 411 g/mol. The summed E-state index contributed by atoms with van der Waals surface area (Å²) < 4.78 is 10.4. The molecule has 0 radical (unpaired) electrons. The molecule has 0 saturated carbocycles. The molecule has 4 nitrogen and oxygen atoms in total. The lowest BCUT2D eigenvalue weighted by Gasteiger charge is -2.13. The molecule has 0 amide bonds. The van der Waals surface area contributed by atoms with Crippen LogP contribution in [-0.4, -0.2) is 24.6 Å². The Kier molecular flexibility index (Phi) is 20.4. The number of rotatable bonds is 20. The lowest BCUT2D eigenvalue weighted by molar-refractivity contribution is -0.144. The van der Waals surface area contributed by atoms with Gasteiger partial charge in [-0.1, -0.05) is 104 Å². The highest BCUT2D eigenvalue weighted by Gasteiger charge is 2.09. The maximum absolute atomic E-state index is 11.7. The van der Waals surface area contributed by atoms with Crippen LogP contribution in [0, 0.1) is 0 Å². The van der Waals surface area contributed by atoms with E-state index in [2.05, 4.69) is 13.8 Å². The van der Waals surface area contributed by atoms with Crippen LogP contribution >= 0.6 is 0 Å². The molecule has 170 valence electrons. The Morgan fingerprint density at radius 3 is 1.62 bits per heavy atom. The minimum Gasteiger partial charge on any atom is -0.463 e. The molecule has 0 rings (SSSR count). The number of esters is 2. The van der Waals surface area contributed by atoms with Gasteiger partial charge in [-0.05, 0) is 19.3 Å². The molecule has 0 aliphatic rings. The van der Waals surface area contributed by atoms with Crippen LogP contribution in [0.15, 0.2) is 12.2 Å². The molecule has 0 saturated heterocycles. The summed E-state index contributed by atoms with van der Waals surface area (Å²) in [4.78, 5) is 23.3. The van der Waals surface area contributed by atoms with Crippen molar-refractivity contribution in [1.82, 2.24) is 0 Å². The van der Waals surface area contributed by atoms with Crippen molar-refractivity contribution in [3.05, 3.63) is 12.2 Å². The maximum atomic E-state index is 11.7. The Hall–Kier alpha value is -1.32. The van der Waals surface area contributed by atoms with Crippen LogP contribution in [0.2, 0.25) is 0 Å². The molecule has 0 spiro atoms. The van der Waals surface area contributed by atoms with Crippen molar-refractivity contribution in [3.63, 3.8) is 0 Å². The van der Waals surface area contributed by atoms with Crippen LogP contribution in [0.3, 0.4) is 0 Å². The molecule has 0 heterocycles. The van der Waals surface area contributed by atoms with E-state index in [-0.39, 0.29) is 6.10 Å². The number of hydrogen-bond acceptors (Lipinski definition) is 4. The van der Waals surface area contributed by atoms with Gasteiger partial charge in [-0.25, -0.2) is 9.59 Å². The van der Waals surface area contributed by atoms with Crippen LogP contribution in [0.25, 0.3) is 0 Å². The SMILES string of the molecule is CCCCCCCCCCCCCCCOC(=O)/C=C/C(=O)OC(CC)CCC. The highest BCUT2D eigenvalue weighted by Crippen LogP contribution is 2.12. The Morgan fingerprint density at radius 2 is 1.14 bits per heavy atom. The van der Waals surface area contributed by atoms with E-state index in [9.17, 15) is 9.59 Å². The van der Waals surface area contributed by atoms with Gasteiger partial charge in [-0.3, -0.25) is 0 Å². The van der Waals surface area contributed by atoms with Crippen LogP contribution in [0.5, 0.6) is 0 Å². The monoisotopic (exact) mass is 410 g/mol. The number of unbranched alkanes of at least 4 members (excludes halogenated alkanes) is 12. The number of ether oxygens (including phenoxy) is 2. The Labute approximate surface area is 179 Å². The predicted molar refractivity (Wildman–Crippen MR) is 121 cm³/mol. The van der Waals surface area contributed by atoms with Crippen molar-refractivity contribution in [2.24, 2.45) is 0 Å². The largest absolute Gasteiger partial charge is 0.463 e. The minimum atomic E-state index is -0.469. The molecule has 0 aliphatic heterocycles. The average Bonchev–Trinajstić information content (AvgIpc) is 2.72. The first kappa shape index (κ1) is 27.7. The van der Waals surface area contributed by atoms with E-state index >= 15 is 0 Å². The van der Waals surface area contributed by atoms with E-state index in [1.807, 2.05) is 6.92 Å². The number of hydrogen-bond donors (Lipinski definition) is 0. The predicted octanol–water partition coefficient (Wildman–Crippen LogP) is 7.30. The van der Waals surface area contributed by atoms with Gasteiger partial charge >= 0.3 is 11.9 Å². The second-order valence-corrected chi connectivity index (χ2v) is 8.00. The molecule has 0 aromatic carbocycles. The normalized spacial score (nSPS) is 12.2. The van der Waals surface area contributed by atoms with E-state index in [4.69, 9.17) is 9.47 Å². The van der Waals surface area contributed by atoms with Gasteiger partial charge in [0.1, 0.15) is 6.10 Å². The molecule has 4 heteroatoms. The molecule has 0 N–H and O–H groups in total. The van der Waals surface area contributed by atoms with Gasteiger partial charge in [0.2, 0.25) is 0 Å². The van der Waals surface area contributed by atoms with Crippen molar-refractivity contribution in [2.75, 3.05) is 6.61 Å². The first-order valence-electron chi connectivity index (χ1n) is 12.2. The third kappa shape index (κ3) is 19.8. The summed E-state index contributed by atoms with van der Waals surface area (Å²) in [6.45, 7) is 6.72. The first-order chi connectivity index (χ1) is 14.1. The van der Waals surface area contributed by atoms with Crippen LogP contribution in [0.4, 0.5) is 0 Å². The van der Waals surface area contributed by atoms with Crippen LogP contribution in [0.1, 0.15) is 124 Å². The molecular formula is C25H46O4. The zero-order valence-electron chi connectivity index (χ0n) is 19.4. The Morgan fingerprint density at radius 1 is 0.655 bits per heavy atom. The summed E-state index contributed by atoms with van der Waals surface area (Å²) in [6, 6.07) is 0. The summed E-state index contributed by atoms with van der Waals surface area (Å²) in [7, 11) is 0. The standard InChI is InChI=1S/C25H46O4/c1-4-7-8-9-10-11-12-13-14-15-16-17-18-22-28-24(26)20-21-25(27)29-23(6-3)19-5-2/h20-21,23H,4-19,22H2,1-3H3/b21-20+. The third-order valence-corrected chi connectivity index (χ3v) is 5.20. The minimum absolute atomic E-state index is 0.0704. The van der Waals surface area contributed by atoms with E-state index < -0.39 is 11.9 Å². The van der Waals surface area contributed by atoms with E-state index in [1.165, 1.54) is 82.8 Å². The first-order valence-corrected chi connectivity index (χ1v) is 12.2. The highest BCUT2D eigenvalue weighted by atomic mass is 16.5. The quantitative estimate of drug-likeness (QED) is 0.120. The van der Waals surface area contributed by atoms with Crippen molar-refractivity contribution in [3.8, 4) is 0 Å². The smallest absolute Gasteiger partial charge is 0.331 e. The molecule has 0 bridgehead atoms. The molecule has 0 aromatic rings. The van der Waals surface area contributed by atoms with E-state index in [0.717, 1.165) is 32.1 Å². The molecular weight excluding hydrogens is 364 g/mol. The zero-order valence-corrected chi connectivity index (χ0v) is 19.4. The highest BCUT2D eigenvalue weighted by molar-refractivity contribution is 5.91. The summed E-state index contributed by atoms with van der Waals surface area (Å²) >= 11 is 0. The van der Waals surface area contributed by atoms with Gasteiger partial charge < -0.3 is 9.47 Å². The summed E-state index contributed by atoms with van der Waals surface area (Å²) in [6.07, 6.45) is 21.7. The van der Waals surface area contributed by atoms with E-state index in [0.29, 0.717) is 6.61 Å². The van der Waals surface area contributed by atoms with Crippen molar-refractivity contribution in [2.45, 2.75) is 130 Å². The molecule has 1 atom stereocenters. The van der Waals surface area contributed by atoms with Crippen molar-refractivity contribution in [1.29, 1.82) is 0 Å². The second-order valence-electron chi connectivity index (χ2n) is 8.00. The van der Waals surface area contributed by atoms with Gasteiger partial charge in [0.15, 0.2) is 0 Å². The lowest BCUT2D eigenvalue weighted by atomic mass is 10.0.